The molecule has 1 unspecified atom stereocenters. The Kier molecular flexibility index (Phi) is 4.45. The molecule has 102 valence electrons. The first kappa shape index (κ1) is 13.9. The molecule has 1 atom stereocenters. The number of hydrogen-bond donors (Lipinski definition) is 1. The van der Waals surface area contributed by atoms with Crippen LogP contribution in [0.5, 0.6) is 5.75 Å². The molecule has 0 fully saturated rings. The molecule has 1 aromatic carbocycles. The second-order valence-electron chi connectivity index (χ2n) is 4.34. The van der Waals surface area contributed by atoms with Crippen LogP contribution in [0, 0.1) is 0 Å². The van der Waals surface area contributed by atoms with Crippen LogP contribution in [0.4, 0.5) is 0 Å². The summed E-state index contributed by atoms with van der Waals surface area (Å²) in [6.45, 7) is 2.89. The number of rotatable bonds is 5. The number of benzene rings is 1. The molecular weight excluding hydrogens is 262 g/mol. The normalized spacial score (nSPS) is 12.4. The predicted octanol–water partition coefficient (Wildman–Crippen LogP) is 2.78. The van der Waals surface area contributed by atoms with Crippen molar-refractivity contribution in [2.45, 2.75) is 13.0 Å². The predicted molar refractivity (Wildman–Crippen MR) is 76.7 cm³/mol. The van der Waals surface area contributed by atoms with Gasteiger partial charge in [0.25, 0.3) is 0 Å². The molecule has 0 radical (unpaired) electrons. The maximum atomic E-state index is 6.10. The lowest BCUT2D eigenvalue weighted by atomic mass is 10.0. The van der Waals surface area contributed by atoms with Gasteiger partial charge < -0.3 is 14.6 Å². The highest BCUT2D eigenvalue weighted by Gasteiger charge is 2.19. The molecule has 0 amide bonds. The molecule has 0 spiro atoms. The smallest absolute Gasteiger partial charge is 0.124 e. The molecule has 1 N–H and O–H groups in total. The summed E-state index contributed by atoms with van der Waals surface area (Å²) in [5, 5.41) is 4.11. The number of halogens is 1. The van der Waals surface area contributed by atoms with Crippen molar-refractivity contribution in [1.82, 2.24) is 14.9 Å². The molecule has 0 saturated heterocycles. The van der Waals surface area contributed by atoms with Crippen molar-refractivity contribution in [3.8, 4) is 5.75 Å². The van der Waals surface area contributed by atoms with Gasteiger partial charge in [-0.2, -0.15) is 0 Å². The van der Waals surface area contributed by atoms with Crippen LogP contribution in [0.15, 0.2) is 30.7 Å². The van der Waals surface area contributed by atoms with E-state index in [1.807, 2.05) is 36.0 Å². The van der Waals surface area contributed by atoms with Crippen molar-refractivity contribution in [3.63, 3.8) is 0 Å². The number of methoxy groups -OCH3 is 1. The first-order valence-corrected chi connectivity index (χ1v) is 6.58. The summed E-state index contributed by atoms with van der Waals surface area (Å²) in [5.74, 6) is 0.806. The fourth-order valence-corrected chi connectivity index (χ4v) is 2.27. The number of aryl methyl sites for hydroxylation is 1. The topological polar surface area (TPSA) is 39.1 Å². The summed E-state index contributed by atoms with van der Waals surface area (Å²) < 4.78 is 7.35. The van der Waals surface area contributed by atoms with Crippen LogP contribution in [-0.4, -0.2) is 23.2 Å². The zero-order valence-electron chi connectivity index (χ0n) is 11.4. The van der Waals surface area contributed by atoms with Crippen LogP contribution in [0.1, 0.15) is 24.2 Å². The van der Waals surface area contributed by atoms with Gasteiger partial charge in [-0.1, -0.05) is 18.5 Å². The van der Waals surface area contributed by atoms with Gasteiger partial charge in [-0.05, 0) is 24.7 Å². The van der Waals surface area contributed by atoms with Gasteiger partial charge in [-0.3, -0.25) is 0 Å². The average Bonchev–Trinajstić information content (AvgIpc) is 2.82. The molecule has 0 aliphatic rings. The Morgan fingerprint density at radius 2 is 2.26 bits per heavy atom. The molecule has 1 aromatic heterocycles. The van der Waals surface area contributed by atoms with E-state index in [-0.39, 0.29) is 6.04 Å². The summed E-state index contributed by atoms with van der Waals surface area (Å²) in [6.07, 6.45) is 3.78. The lowest BCUT2D eigenvalue weighted by molar-refractivity contribution is 0.404. The van der Waals surface area contributed by atoms with Crippen molar-refractivity contribution in [3.05, 3.63) is 47.0 Å². The van der Waals surface area contributed by atoms with Gasteiger partial charge in [0.1, 0.15) is 5.75 Å². The van der Waals surface area contributed by atoms with E-state index in [4.69, 9.17) is 16.3 Å². The van der Waals surface area contributed by atoms with Crippen molar-refractivity contribution < 1.29 is 4.74 Å². The third kappa shape index (κ3) is 3.08. The Morgan fingerprint density at radius 1 is 1.47 bits per heavy atom. The van der Waals surface area contributed by atoms with Gasteiger partial charge in [-0.25, -0.2) is 4.98 Å². The molecule has 2 aromatic rings. The largest absolute Gasteiger partial charge is 0.496 e. The molecule has 0 saturated carbocycles. The quantitative estimate of drug-likeness (QED) is 0.915. The summed E-state index contributed by atoms with van der Waals surface area (Å²) >= 11 is 6.10. The van der Waals surface area contributed by atoms with Gasteiger partial charge in [0.2, 0.25) is 0 Å². The van der Waals surface area contributed by atoms with E-state index in [0.29, 0.717) is 5.02 Å². The van der Waals surface area contributed by atoms with Gasteiger partial charge in [0, 0.05) is 23.8 Å². The van der Waals surface area contributed by atoms with E-state index < -0.39 is 0 Å². The van der Waals surface area contributed by atoms with Crippen LogP contribution in [0.3, 0.4) is 0 Å². The highest BCUT2D eigenvalue weighted by atomic mass is 35.5. The number of aromatic nitrogens is 2. The first-order chi connectivity index (χ1) is 9.15. The van der Waals surface area contributed by atoms with Gasteiger partial charge in [-0.15, -0.1) is 0 Å². The van der Waals surface area contributed by atoms with E-state index in [1.165, 1.54) is 0 Å². The molecule has 1 heterocycles. The SMILES string of the molecule is CCNC(c1cn(C)cn1)c1cc(Cl)ccc1OC. The number of hydrogen-bond acceptors (Lipinski definition) is 3. The maximum Gasteiger partial charge on any atom is 0.124 e. The van der Waals surface area contributed by atoms with Gasteiger partial charge in [0.05, 0.1) is 25.2 Å². The third-order valence-electron chi connectivity index (χ3n) is 2.93. The Labute approximate surface area is 118 Å². The van der Waals surface area contributed by atoms with Crippen LogP contribution < -0.4 is 10.1 Å². The second-order valence-corrected chi connectivity index (χ2v) is 4.78. The highest BCUT2D eigenvalue weighted by molar-refractivity contribution is 6.30. The second kappa shape index (κ2) is 6.08. The summed E-state index contributed by atoms with van der Waals surface area (Å²) in [7, 11) is 3.61. The minimum atomic E-state index is -0.0279. The zero-order valence-corrected chi connectivity index (χ0v) is 12.1. The molecule has 4 nitrogen and oxygen atoms in total. The first-order valence-electron chi connectivity index (χ1n) is 6.20. The monoisotopic (exact) mass is 279 g/mol. The van der Waals surface area contributed by atoms with Gasteiger partial charge in [0.15, 0.2) is 0 Å². The van der Waals surface area contributed by atoms with Crippen LogP contribution >= 0.6 is 11.6 Å². The maximum absolute atomic E-state index is 6.10. The summed E-state index contributed by atoms with van der Waals surface area (Å²) in [6, 6.07) is 5.60. The average molecular weight is 280 g/mol. The lowest BCUT2D eigenvalue weighted by Crippen LogP contribution is -2.23. The number of imidazole rings is 1. The van der Waals surface area contributed by atoms with Crippen molar-refractivity contribution >= 4 is 11.6 Å². The van der Waals surface area contributed by atoms with E-state index in [2.05, 4.69) is 17.2 Å². The highest BCUT2D eigenvalue weighted by Crippen LogP contribution is 2.31. The minimum absolute atomic E-state index is 0.0279. The van der Waals surface area contributed by atoms with Crippen molar-refractivity contribution in [2.75, 3.05) is 13.7 Å². The van der Waals surface area contributed by atoms with Crippen molar-refractivity contribution in [2.24, 2.45) is 7.05 Å². The van der Waals surface area contributed by atoms with E-state index in [9.17, 15) is 0 Å². The standard InChI is InChI=1S/C14H18ClN3O/c1-4-16-14(12-8-18(2)9-17-12)11-7-10(15)5-6-13(11)19-3/h5-9,14,16H,4H2,1-3H3. The molecular formula is C14H18ClN3O. The Morgan fingerprint density at radius 3 is 2.84 bits per heavy atom. The number of nitrogens with one attached hydrogen (secondary N) is 1. The summed E-state index contributed by atoms with van der Waals surface area (Å²) in [4.78, 5) is 4.42. The molecule has 5 heteroatoms. The van der Waals surface area contributed by atoms with Crippen LogP contribution in [0.2, 0.25) is 5.02 Å². The molecule has 0 aliphatic heterocycles. The lowest BCUT2D eigenvalue weighted by Gasteiger charge is -2.19. The zero-order chi connectivity index (χ0) is 13.8. The van der Waals surface area contributed by atoms with Crippen molar-refractivity contribution in [1.29, 1.82) is 0 Å². The summed E-state index contributed by atoms with van der Waals surface area (Å²) in [5.41, 5.74) is 1.94. The van der Waals surface area contributed by atoms with E-state index >= 15 is 0 Å². The number of ether oxygens (including phenoxy) is 1. The molecule has 0 aliphatic carbocycles. The van der Waals surface area contributed by atoms with E-state index in [1.54, 1.807) is 13.4 Å². The van der Waals surface area contributed by atoms with Gasteiger partial charge >= 0.3 is 0 Å². The fraction of sp³-hybridized carbons (Fsp3) is 0.357. The Balaban J connectivity index is 2.46. The van der Waals surface area contributed by atoms with Crippen LogP contribution in [0.25, 0.3) is 0 Å². The fourth-order valence-electron chi connectivity index (χ4n) is 2.09. The molecule has 2 rings (SSSR count). The minimum Gasteiger partial charge on any atom is -0.496 e. The molecule has 19 heavy (non-hydrogen) atoms. The Bertz CT molecular complexity index is 553. The van der Waals surface area contributed by atoms with E-state index in [0.717, 1.165) is 23.6 Å². The van der Waals surface area contributed by atoms with Crippen LogP contribution in [-0.2, 0) is 7.05 Å². The third-order valence-corrected chi connectivity index (χ3v) is 3.17. The Hall–Kier alpha value is -1.52. The molecule has 0 bridgehead atoms. The number of nitrogens with zero attached hydrogens (tertiary/aromatic N) is 2.